The van der Waals surface area contributed by atoms with E-state index in [1.807, 2.05) is 48.5 Å². The number of benzene rings is 4. The number of rotatable bonds is 6. The lowest BCUT2D eigenvalue weighted by molar-refractivity contribution is -0.118. The highest BCUT2D eigenvalue weighted by Crippen LogP contribution is 2.22. The summed E-state index contributed by atoms with van der Waals surface area (Å²) in [4.78, 5) is 30.4. The molecule has 1 N–H and O–H groups in total. The van der Waals surface area contributed by atoms with Gasteiger partial charge in [-0.1, -0.05) is 78.0 Å². The quantitative estimate of drug-likeness (QED) is 0.146. The van der Waals surface area contributed by atoms with Gasteiger partial charge in [0.2, 0.25) is 0 Å². The van der Waals surface area contributed by atoms with Gasteiger partial charge in [0.1, 0.15) is 0 Å². The Labute approximate surface area is 210 Å². The van der Waals surface area contributed by atoms with Gasteiger partial charge < -0.3 is 0 Å². The van der Waals surface area contributed by atoms with Crippen molar-refractivity contribution in [2.75, 3.05) is 5.75 Å². The van der Waals surface area contributed by atoms with Crippen molar-refractivity contribution in [2.45, 2.75) is 5.16 Å². The molecule has 0 saturated carbocycles. The van der Waals surface area contributed by atoms with E-state index in [1.54, 1.807) is 48.7 Å². The number of hydrazone groups is 1. The van der Waals surface area contributed by atoms with E-state index in [4.69, 9.17) is 11.6 Å². The maximum Gasteiger partial charge on any atom is 0.266 e. The van der Waals surface area contributed by atoms with Crippen LogP contribution < -0.4 is 11.0 Å². The Balaban J connectivity index is 1.37. The van der Waals surface area contributed by atoms with Crippen molar-refractivity contribution in [3.63, 3.8) is 0 Å². The van der Waals surface area contributed by atoms with Crippen LogP contribution in [-0.2, 0) is 4.79 Å². The molecule has 0 bridgehead atoms. The van der Waals surface area contributed by atoms with Crippen molar-refractivity contribution in [3.05, 3.63) is 112 Å². The van der Waals surface area contributed by atoms with Crippen LogP contribution in [0.3, 0.4) is 0 Å². The van der Waals surface area contributed by atoms with Crippen LogP contribution in [0.4, 0.5) is 0 Å². The Morgan fingerprint density at radius 2 is 1.66 bits per heavy atom. The summed E-state index contributed by atoms with van der Waals surface area (Å²) in [5.41, 5.74) is 4.44. The second kappa shape index (κ2) is 10.1. The van der Waals surface area contributed by atoms with Crippen molar-refractivity contribution in [2.24, 2.45) is 5.10 Å². The number of hydrogen-bond donors (Lipinski definition) is 1. The molecule has 0 spiro atoms. The Hall–Kier alpha value is -3.94. The fourth-order valence-corrected chi connectivity index (χ4v) is 4.66. The lowest BCUT2D eigenvalue weighted by Crippen LogP contribution is -2.24. The van der Waals surface area contributed by atoms with Gasteiger partial charge in [0.15, 0.2) is 5.16 Å². The van der Waals surface area contributed by atoms with E-state index < -0.39 is 0 Å². The van der Waals surface area contributed by atoms with Crippen molar-refractivity contribution in [3.8, 4) is 5.69 Å². The minimum Gasteiger partial charge on any atom is -0.272 e. The molecule has 8 heteroatoms. The smallest absolute Gasteiger partial charge is 0.266 e. The van der Waals surface area contributed by atoms with Crippen molar-refractivity contribution in [1.29, 1.82) is 0 Å². The topological polar surface area (TPSA) is 76.3 Å². The fourth-order valence-electron chi connectivity index (χ4n) is 3.73. The Bertz CT molecular complexity index is 1630. The molecule has 5 aromatic rings. The highest BCUT2D eigenvalue weighted by Gasteiger charge is 2.14. The van der Waals surface area contributed by atoms with Gasteiger partial charge in [0.25, 0.3) is 11.5 Å². The van der Waals surface area contributed by atoms with Gasteiger partial charge in [-0.25, -0.2) is 10.4 Å². The first-order chi connectivity index (χ1) is 17.1. The third kappa shape index (κ3) is 4.96. The molecule has 6 nitrogen and oxygen atoms in total. The lowest BCUT2D eigenvalue weighted by atomic mass is 10.1. The molecular formula is C27H19ClN4O2S. The third-order valence-electron chi connectivity index (χ3n) is 5.38. The number of fused-ring (bicyclic) bond motifs is 2. The van der Waals surface area contributed by atoms with E-state index in [1.165, 1.54) is 4.57 Å². The van der Waals surface area contributed by atoms with Crippen molar-refractivity contribution in [1.82, 2.24) is 15.0 Å². The Kier molecular flexibility index (Phi) is 6.61. The molecule has 0 atom stereocenters. The molecular weight excluding hydrogens is 480 g/mol. The predicted octanol–water partition coefficient (Wildman–Crippen LogP) is 5.43. The van der Waals surface area contributed by atoms with Gasteiger partial charge >= 0.3 is 0 Å². The molecule has 1 heterocycles. The average molecular weight is 499 g/mol. The molecule has 1 aromatic heterocycles. The number of carbonyl (C=O) groups excluding carboxylic acids is 1. The Morgan fingerprint density at radius 1 is 0.943 bits per heavy atom. The summed E-state index contributed by atoms with van der Waals surface area (Å²) in [5, 5.41) is 7.73. The second-order valence-electron chi connectivity index (χ2n) is 7.68. The average Bonchev–Trinajstić information content (AvgIpc) is 2.88. The summed E-state index contributed by atoms with van der Waals surface area (Å²) < 4.78 is 1.50. The van der Waals surface area contributed by atoms with Crippen LogP contribution in [0.1, 0.15) is 5.56 Å². The van der Waals surface area contributed by atoms with Crippen LogP contribution in [0.2, 0.25) is 5.02 Å². The van der Waals surface area contributed by atoms with Crippen molar-refractivity contribution >= 4 is 57.2 Å². The van der Waals surface area contributed by atoms with Crippen LogP contribution in [0.25, 0.3) is 27.4 Å². The first-order valence-corrected chi connectivity index (χ1v) is 12.2. The minimum atomic E-state index is -0.309. The summed E-state index contributed by atoms with van der Waals surface area (Å²) in [5.74, 6) is -0.276. The normalized spacial score (nSPS) is 11.3. The summed E-state index contributed by atoms with van der Waals surface area (Å²) in [6, 6.07) is 27.9. The number of aromatic nitrogens is 2. The molecule has 172 valence electrons. The summed E-state index contributed by atoms with van der Waals surface area (Å²) in [6.45, 7) is 0. The van der Waals surface area contributed by atoms with Crippen LogP contribution in [0.5, 0.6) is 0 Å². The molecule has 0 aliphatic carbocycles. The number of nitrogens with one attached hydrogen (secondary N) is 1. The van der Waals surface area contributed by atoms with Gasteiger partial charge in [-0.05, 0) is 47.2 Å². The molecule has 5 rings (SSSR count). The molecule has 1 amide bonds. The molecule has 35 heavy (non-hydrogen) atoms. The zero-order valence-corrected chi connectivity index (χ0v) is 20.0. The first-order valence-electron chi connectivity index (χ1n) is 10.8. The number of carbonyl (C=O) groups is 1. The minimum absolute atomic E-state index is 0.0330. The molecule has 4 aromatic carbocycles. The summed E-state index contributed by atoms with van der Waals surface area (Å²) >= 11 is 7.19. The maximum absolute atomic E-state index is 13.3. The first kappa shape index (κ1) is 22.8. The summed E-state index contributed by atoms with van der Waals surface area (Å²) in [6.07, 6.45) is 1.63. The van der Waals surface area contributed by atoms with Gasteiger partial charge in [-0.15, -0.1) is 0 Å². The Morgan fingerprint density at radius 3 is 2.49 bits per heavy atom. The zero-order chi connectivity index (χ0) is 24.2. The number of hydrogen-bond acceptors (Lipinski definition) is 5. The van der Waals surface area contributed by atoms with E-state index in [2.05, 4.69) is 15.5 Å². The predicted molar refractivity (Wildman–Crippen MR) is 143 cm³/mol. The number of thioether (sulfide) groups is 1. The van der Waals surface area contributed by atoms with E-state index in [9.17, 15) is 9.59 Å². The number of halogens is 1. The molecule has 0 aliphatic rings. The van der Waals surface area contributed by atoms with Crippen LogP contribution in [-0.4, -0.2) is 27.4 Å². The van der Waals surface area contributed by atoms with Gasteiger partial charge in [-0.2, -0.15) is 5.10 Å². The van der Waals surface area contributed by atoms with E-state index in [0.29, 0.717) is 26.8 Å². The highest BCUT2D eigenvalue weighted by atomic mass is 35.5. The zero-order valence-electron chi connectivity index (χ0n) is 18.4. The molecule has 0 aliphatic heterocycles. The molecule has 0 radical (unpaired) electrons. The van der Waals surface area contributed by atoms with Crippen molar-refractivity contribution < 1.29 is 4.79 Å². The number of nitrogens with zero attached hydrogens (tertiary/aromatic N) is 3. The van der Waals surface area contributed by atoms with Gasteiger partial charge in [-0.3, -0.25) is 14.2 Å². The second-order valence-corrected chi connectivity index (χ2v) is 9.06. The number of para-hydroxylation sites is 1. The largest absolute Gasteiger partial charge is 0.272 e. The van der Waals surface area contributed by atoms with Gasteiger partial charge in [0, 0.05) is 10.6 Å². The highest BCUT2D eigenvalue weighted by molar-refractivity contribution is 7.99. The summed E-state index contributed by atoms with van der Waals surface area (Å²) in [7, 11) is 0. The SMILES string of the molecule is O=C(CSc1nc2ccccc2c(=O)n1-c1ccc(Cl)cc1)N/N=C\c1cccc2ccccc12. The van der Waals surface area contributed by atoms with Crippen LogP contribution >= 0.6 is 23.4 Å². The standard InChI is InChI=1S/C27H19ClN4O2S/c28-20-12-14-21(15-13-20)32-26(34)23-10-3-4-11-24(23)30-27(32)35-17-25(33)31-29-16-19-8-5-7-18-6-1-2-9-22(18)19/h1-16H,17H2,(H,31,33)/b29-16-. The van der Waals surface area contributed by atoms with E-state index >= 15 is 0 Å². The van der Waals surface area contributed by atoms with E-state index in [-0.39, 0.29) is 17.2 Å². The fraction of sp³-hybridized carbons (Fsp3) is 0.0370. The van der Waals surface area contributed by atoms with E-state index in [0.717, 1.165) is 28.1 Å². The monoisotopic (exact) mass is 498 g/mol. The number of amides is 1. The molecule has 0 fully saturated rings. The van der Waals surface area contributed by atoms with Crippen LogP contribution in [0, 0.1) is 0 Å². The van der Waals surface area contributed by atoms with Gasteiger partial charge in [0.05, 0.1) is 28.6 Å². The lowest BCUT2D eigenvalue weighted by Gasteiger charge is -2.13. The molecule has 0 unspecified atom stereocenters. The maximum atomic E-state index is 13.3. The third-order valence-corrected chi connectivity index (χ3v) is 6.57. The van der Waals surface area contributed by atoms with Crippen LogP contribution in [0.15, 0.2) is 106 Å². The molecule has 0 saturated heterocycles.